The van der Waals surface area contributed by atoms with E-state index in [9.17, 15) is 9.59 Å². The van der Waals surface area contributed by atoms with Gasteiger partial charge in [0.1, 0.15) is 11.4 Å². The molecule has 2 unspecified atom stereocenters. The fourth-order valence-corrected chi connectivity index (χ4v) is 4.42. The third-order valence-corrected chi connectivity index (χ3v) is 5.99. The second-order valence-electron chi connectivity index (χ2n) is 9.52. The normalized spacial score (nSPS) is 22.9. The maximum absolute atomic E-state index is 13.4. The van der Waals surface area contributed by atoms with Gasteiger partial charge >= 0.3 is 6.09 Å². The lowest BCUT2D eigenvalue weighted by Gasteiger charge is -2.36. The van der Waals surface area contributed by atoms with E-state index in [1.807, 2.05) is 37.8 Å². The van der Waals surface area contributed by atoms with Crippen LogP contribution in [0.5, 0.6) is 5.75 Å². The van der Waals surface area contributed by atoms with Gasteiger partial charge < -0.3 is 19.3 Å². The highest BCUT2D eigenvalue weighted by Gasteiger charge is 2.34. The van der Waals surface area contributed by atoms with Crippen LogP contribution in [0, 0.1) is 5.92 Å². The molecule has 0 bridgehead atoms. The summed E-state index contributed by atoms with van der Waals surface area (Å²) in [6, 6.07) is 8.21. The van der Waals surface area contributed by atoms with Gasteiger partial charge in [-0.25, -0.2) is 4.79 Å². The van der Waals surface area contributed by atoms with E-state index >= 15 is 0 Å². The molecule has 2 aliphatic rings. The maximum Gasteiger partial charge on any atom is 0.410 e. The first kappa shape index (κ1) is 22.4. The number of benzene rings is 1. The predicted octanol–water partition coefficient (Wildman–Crippen LogP) is 4.44. The molecule has 166 valence electrons. The van der Waals surface area contributed by atoms with Crippen molar-refractivity contribution in [3.05, 3.63) is 29.8 Å². The second kappa shape index (κ2) is 9.71. The van der Waals surface area contributed by atoms with Crippen LogP contribution in [0.4, 0.5) is 4.79 Å². The average Bonchev–Trinajstić information content (AvgIpc) is 2.98. The second-order valence-corrected chi connectivity index (χ2v) is 9.52. The van der Waals surface area contributed by atoms with Crippen LogP contribution in [0.15, 0.2) is 24.3 Å². The van der Waals surface area contributed by atoms with Gasteiger partial charge in [-0.05, 0) is 64.2 Å². The Labute approximate surface area is 180 Å². The summed E-state index contributed by atoms with van der Waals surface area (Å²) in [5.41, 5.74) is 0.735. The van der Waals surface area contributed by atoms with E-state index in [0.29, 0.717) is 19.0 Å². The largest absolute Gasteiger partial charge is 0.497 e. The van der Waals surface area contributed by atoms with Crippen molar-refractivity contribution in [1.82, 2.24) is 9.80 Å². The highest BCUT2D eigenvalue weighted by atomic mass is 16.6. The lowest BCUT2D eigenvalue weighted by atomic mass is 9.93. The highest BCUT2D eigenvalue weighted by Crippen LogP contribution is 2.30. The van der Waals surface area contributed by atoms with Crippen LogP contribution in [0.25, 0.3) is 0 Å². The number of amides is 2. The summed E-state index contributed by atoms with van der Waals surface area (Å²) in [5.74, 6) is 1.24. The number of methoxy groups -OCH3 is 1. The third-order valence-electron chi connectivity index (χ3n) is 5.99. The molecule has 2 fully saturated rings. The molecule has 6 nitrogen and oxygen atoms in total. The molecule has 2 atom stereocenters. The minimum absolute atomic E-state index is 0.138. The number of piperidine rings is 1. The molecule has 2 saturated heterocycles. The standard InChI is InChI=1S/C24H36N2O4/c1-24(2,3)30-23(28)26-15-7-9-20(17-26)22(27)25-14-6-5-8-19(16-25)18-10-12-21(29-4)13-11-18/h10-13,19-20H,5-9,14-17H2,1-4H3. The number of rotatable bonds is 3. The van der Waals surface area contributed by atoms with Crippen LogP contribution in [0.2, 0.25) is 0 Å². The van der Waals surface area contributed by atoms with Crippen LogP contribution >= 0.6 is 0 Å². The summed E-state index contributed by atoms with van der Waals surface area (Å²) in [6.45, 7) is 8.27. The monoisotopic (exact) mass is 416 g/mol. The van der Waals surface area contributed by atoms with Gasteiger partial charge in [-0.15, -0.1) is 0 Å². The number of hydrogen-bond donors (Lipinski definition) is 0. The topological polar surface area (TPSA) is 59.1 Å². The quantitative estimate of drug-likeness (QED) is 0.731. The van der Waals surface area contributed by atoms with E-state index in [-0.39, 0.29) is 17.9 Å². The zero-order valence-electron chi connectivity index (χ0n) is 18.9. The summed E-state index contributed by atoms with van der Waals surface area (Å²) in [6.07, 6.45) is 4.60. The minimum atomic E-state index is -0.523. The van der Waals surface area contributed by atoms with Crippen molar-refractivity contribution in [2.75, 3.05) is 33.3 Å². The SMILES string of the molecule is COc1ccc(C2CCCCN(C(=O)C3CCCN(C(=O)OC(C)(C)C)C3)C2)cc1. The molecule has 1 aromatic carbocycles. The molecule has 3 rings (SSSR count). The Morgan fingerprint density at radius 3 is 2.30 bits per heavy atom. The zero-order chi connectivity index (χ0) is 21.7. The van der Waals surface area contributed by atoms with E-state index in [2.05, 4.69) is 12.1 Å². The summed E-state index contributed by atoms with van der Waals surface area (Å²) in [4.78, 5) is 29.6. The van der Waals surface area contributed by atoms with Crippen LogP contribution in [0.1, 0.15) is 64.4 Å². The van der Waals surface area contributed by atoms with E-state index in [4.69, 9.17) is 9.47 Å². The summed E-state index contributed by atoms with van der Waals surface area (Å²) in [5, 5.41) is 0. The zero-order valence-corrected chi connectivity index (χ0v) is 18.9. The summed E-state index contributed by atoms with van der Waals surface area (Å²) in [7, 11) is 1.67. The van der Waals surface area contributed by atoms with Crippen molar-refractivity contribution in [2.45, 2.75) is 64.4 Å². The molecular formula is C24H36N2O4. The molecule has 2 aliphatic heterocycles. The number of carbonyl (C=O) groups excluding carboxylic acids is 2. The first-order valence-corrected chi connectivity index (χ1v) is 11.2. The fraction of sp³-hybridized carbons (Fsp3) is 0.667. The molecule has 6 heteroatoms. The van der Waals surface area contributed by atoms with Crippen LogP contribution in [0.3, 0.4) is 0 Å². The van der Waals surface area contributed by atoms with Gasteiger partial charge in [0.15, 0.2) is 0 Å². The van der Waals surface area contributed by atoms with Crippen LogP contribution < -0.4 is 4.74 Å². The third kappa shape index (κ3) is 5.89. The molecule has 2 heterocycles. The number of nitrogens with zero attached hydrogens (tertiary/aromatic N) is 2. The van der Waals surface area contributed by atoms with E-state index < -0.39 is 5.60 Å². The van der Waals surface area contributed by atoms with E-state index in [1.54, 1.807) is 12.0 Å². The minimum Gasteiger partial charge on any atom is -0.497 e. The average molecular weight is 417 g/mol. The molecule has 2 amide bonds. The van der Waals surface area contributed by atoms with Gasteiger partial charge in [-0.3, -0.25) is 4.79 Å². The van der Waals surface area contributed by atoms with Crippen molar-refractivity contribution in [2.24, 2.45) is 5.92 Å². The van der Waals surface area contributed by atoms with Crippen molar-refractivity contribution in [3.63, 3.8) is 0 Å². The molecule has 0 N–H and O–H groups in total. The summed E-state index contributed by atoms with van der Waals surface area (Å²) >= 11 is 0. The molecule has 0 saturated carbocycles. The predicted molar refractivity (Wildman–Crippen MR) is 117 cm³/mol. The Hall–Kier alpha value is -2.24. The van der Waals surface area contributed by atoms with Gasteiger partial charge in [-0.1, -0.05) is 18.6 Å². The smallest absolute Gasteiger partial charge is 0.410 e. The number of likely N-dealkylation sites (tertiary alicyclic amines) is 2. The van der Waals surface area contributed by atoms with E-state index in [1.165, 1.54) is 5.56 Å². The van der Waals surface area contributed by atoms with Gasteiger partial charge in [0.25, 0.3) is 0 Å². The Balaban J connectivity index is 1.64. The number of carbonyl (C=O) groups is 2. The van der Waals surface area contributed by atoms with Gasteiger partial charge in [0.2, 0.25) is 5.91 Å². The number of hydrogen-bond acceptors (Lipinski definition) is 4. The van der Waals surface area contributed by atoms with Crippen molar-refractivity contribution in [1.29, 1.82) is 0 Å². The highest BCUT2D eigenvalue weighted by molar-refractivity contribution is 5.80. The first-order valence-electron chi connectivity index (χ1n) is 11.2. The molecule has 1 aromatic rings. The van der Waals surface area contributed by atoms with E-state index in [0.717, 1.165) is 50.9 Å². The molecule has 0 aromatic heterocycles. The molecule has 0 radical (unpaired) electrons. The maximum atomic E-state index is 13.4. The Bertz CT molecular complexity index is 726. The van der Waals surface area contributed by atoms with Gasteiger partial charge in [0, 0.05) is 32.1 Å². The Morgan fingerprint density at radius 2 is 1.63 bits per heavy atom. The molecular weight excluding hydrogens is 380 g/mol. The van der Waals surface area contributed by atoms with Crippen LogP contribution in [-0.4, -0.2) is 60.7 Å². The van der Waals surface area contributed by atoms with Crippen molar-refractivity contribution in [3.8, 4) is 5.75 Å². The van der Waals surface area contributed by atoms with Gasteiger partial charge in [-0.2, -0.15) is 0 Å². The fourth-order valence-electron chi connectivity index (χ4n) is 4.42. The summed E-state index contributed by atoms with van der Waals surface area (Å²) < 4.78 is 10.8. The lowest BCUT2D eigenvalue weighted by Crippen LogP contribution is -2.48. The molecule has 0 spiro atoms. The Kier molecular flexibility index (Phi) is 7.27. The van der Waals surface area contributed by atoms with Crippen molar-refractivity contribution < 1.29 is 19.1 Å². The number of ether oxygens (including phenoxy) is 2. The molecule has 30 heavy (non-hydrogen) atoms. The van der Waals surface area contributed by atoms with Gasteiger partial charge in [0.05, 0.1) is 13.0 Å². The van der Waals surface area contributed by atoms with Crippen molar-refractivity contribution >= 4 is 12.0 Å². The van der Waals surface area contributed by atoms with Crippen LogP contribution in [-0.2, 0) is 9.53 Å². The lowest BCUT2D eigenvalue weighted by molar-refractivity contribution is -0.137. The Morgan fingerprint density at radius 1 is 0.933 bits per heavy atom. The first-order chi connectivity index (χ1) is 14.3. The molecule has 0 aliphatic carbocycles.